The first kappa shape index (κ1) is 6.13. The summed E-state index contributed by atoms with van der Waals surface area (Å²) >= 11 is 2.37. The quantitative estimate of drug-likeness (QED) is 0.531. The zero-order chi connectivity index (χ0) is 5.82. The molecule has 0 N–H and O–H groups in total. The van der Waals surface area contributed by atoms with Gasteiger partial charge in [0.05, 0.1) is 0 Å². The summed E-state index contributed by atoms with van der Waals surface area (Å²) in [7, 11) is 0. The molecule has 0 aromatic carbocycles. The summed E-state index contributed by atoms with van der Waals surface area (Å²) in [6.07, 6.45) is 4.16. The highest BCUT2D eigenvalue weighted by Gasteiger charge is 1.81. The van der Waals surface area contributed by atoms with Crippen molar-refractivity contribution in [2.45, 2.75) is 6.54 Å². The third-order valence-electron chi connectivity index (χ3n) is 1.01. The van der Waals surface area contributed by atoms with Crippen LogP contribution in [0.2, 0.25) is 0 Å². The van der Waals surface area contributed by atoms with Crippen LogP contribution in [-0.2, 0) is 6.54 Å². The minimum Gasteiger partial charge on any atom is -0.353 e. The molecule has 0 aliphatic rings. The van der Waals surface area contributed by atoms with Gasteiger partial charge in [-0.05, 0) is 12.1 Å². The van der Waals surface area contributed by atoms with Crippen LogP contribution < -0.4 is 0 Å². The number of hydrogen-bond donors (Lipinski definition) is 0. The van der Waals surface area contributed by atoms with E-state index in [1.165, 1.54) is 4.43 Å². The summed E-state index contributed by atoms with van der Waals surface area (Å²) in [5.74, 6) is 0. The van der Waals surface area contributed by atoms with Gasteiger partial charge in [-0.1, -0.05) is 22.6 Å². The number of alkyl halides is 1. The van der Waals surface area contributed by atoms with Crippen LogP contribution in [0.4, 0.5) is 0 Å². The number of aromatic nitrogens is 1. The van der Waals surface area contributed by atoms with Crippen molar-refractivity contribution in [1.82, 2.24) is 4.57 Å². The molecule has 0 unspecified atom stereocenters. The van der Waals surface area contributed by atoms with Gasteiger partial charge in [-0.15, -0.1) is 0 Å². The topological polar surface area (TPSA) is 4.93 Å². The van der Waals surface area contributed by atoms with E-state index in [1.807, 2.05) is 12.1 Å². The number of rotatable bonds is 2. The minimum absolute atomic E-state index is 1.13. The molecule has 0 spiro atoms. The van der Waals surface area contributed by atoms with Gasteiger partial charge < -0.3 is 4.57 Å². The molecule has 44 valence electrons. The van der Waals surface area contributed by atoms with Crippen molar-refractivity contribution in [1.29, 1.82) is 0 Å². The Labute approximate surface area is 62.8 Å². The Morgan fingerprint density at radius 2 is 1.88 bits per heavy atom. The first-order valence-electron chi connectivity index (χ1n) is 2.60. The predicted molar refractivity (Wildman–Crippen MR) is 43.3 cm³/mol. The second kappa shape index (κ2) is 3.12. The molecule has 1 nitrogen and oxygen atoms in total. The molecule has 0 aliphatic carbocycles. The molecule has 8 heavy (non-hydrogen) atoms. The molecular formula is C6H8IN. The van der Waals surface area contributed by atoms with Crippen molar-refractivity contribution in [2.24, 2.45) is 0 Å². The van der Waals surface area contributed by atoms with Gasteiger partial charge in [-0.25, -0.2) is 0 Å². The molecule has 0 amide bonds. The van der Waals surface area contributed by atoms with Crippen molar-refractivity contribution >= 4 is 22.6 Å². The van der Waals surface area contributed by atoms with Crippen LogP contribution in [0.15, 0.2) is 24.5 Å². The summed E-state index contributed by atoms with van der Waals surface area (Å²) in [5.41, 5.74) is 0. The number of hydrogen-bond acceptors (Lipinski definition) is 0. The maximum absolute atomic E-state index is 2.37. The van der Waals surface area contributed by atoms with Crippen molar-refractivity contribution < 1.29 is 0 Å². The van der Waals surface area contributed by atoms with Crippen LogP contribution >= 0.6 is 22.6 Å². The van der Waals surface area contributed by atoms with Crippen LogP contribution in [0.25, 0.3) is 0 Å². The maximum Gasteiger partial charge on any atom is 0.0309 e. The average molecular weight is 221 g/mol. The van der Waals surface area contributed by atoms with Gasteiger partial charge in [-0.2, -0.15) is 0 Å². The van der Waals surface area contributed by atoms with E-state index in [0.29, 0.717) is 0 Å². The monoisotopic (exact) mass is 221 g/mol. The van der Waals surface area contributed by atoms with Crippen LogP contribution in [-0.4, -0.2) is 8.99 Å². The van der Waals surface area contributed by atoms with Gasteiger partial charge in [0.2, 0.25) is 0 Å². The lowest BCUT2D eigenvalue weighted by atomic mass is 10.7. The second-order valence-electron chi connectivity index (χ2n) is 1.61. The van der Waals surface area contributed by atoms with Gasteiger partial charge in [-0.3, -0.25) is 0 Å². The normalized spacial score (nSPS) is 9.62. The van der Waals surface area contributed by atoms with Crippen LogP contribution in [0, 0.1) is 0 Å². The lowest BCUT2D eigenvalue weighted by Crippen LogP contribution is -1.92. The summed E-state index contributed by atoms with van der Waals surface area (Å²) in [5, 5.41) is 0. The van der Waals surface area contributed by atoms with Gasteiger partial charge in [0.15, 0.2) is 0 Å². The molecule has 1 heterocycles. The first-order valence-corrected chi connectivity index (χ1v) is 4.13. The van der Waals surface area contributed by atoms with E-state index >= 15 is 0 Å². The molecule has 1 rings (SSSR count). The van der Waals surface area contributed by atoms with Gasteiger partial charge in [0.25, 0.3) is 0 Å². The van der Waals surface area contributed by atoms with E-state index < -0.39 is 0 Å². The predicted octanol–water partition coefficient (Wildman–Crippen LogP) is 1.92. The smallest absolute Gasteiger partial charge is 0.0309 e. The summed E-state index contributed by atoms with van der Waals surface area (Å²) in [6, 6.07) is 4.10. The lowest BCUT2D eigenvalue weighted by Gasteiger charge is -1.93. The maximum atomic E-state index is 2.37. The molecule has 0 bridgehead atoms. The van der Waals surface area contributed by atoms with E-state index in [9.17, 15) is 0 Å². The van der Waals surface area contributed by atoms with Gasteiger partial charge in [0.1, 0.15) is 0 Å². The molecule has 2 heteroatoms. The average Bonchev–Trinajstić information content (AvgIpc) is 2.19. The van der Waals surface area contributed by atoms with E-state index in [2.05, 4.69) is 39.6 Å². The molecule has 0 saturated carbocycles. The van der Waals surface area contributed by atoms with Gasteiger partial charge >= 0.3 is 0 Å². The standard InChI is InChI=1S/C6H8IN/c7-3-6-8-4-1-2-5-8/h1-2,4-5H,3,6H2. The van der Waals surface area contributed by atoms with E-state index in [-0.39, 0.29) is 0 Å². The summed E-state index contributed by atoms with van der Waals surface area (Å²) in [4.78, 5) is 0. The Balaban J connectivity index is 2.50. The van der Waals surface area contributed by atoms with Crippen molar-refractivity contribution in [3.8, 4) is 0 Å². The zero-order valence-corrected chi connectivity index (χ0v) is 6.71. The minimum atomic E-state index is 1.13. The zero-order valence-electron chi connectivity index (χ0n) is 4.55. The number of halogens is 1. The van der Waals surface area contributed by atoms with Crippen LogP contribution in [0.1, 0.15) is 0 Å². The number of aryl methyl sites for hydroxylation is 1. The highest BCUT2D eigenvalue weighted by atomic mass is 127. The molecule has 0 fully saturated rings. The van der Waals surface area contributed by atoms with Gasteiger partial charge in [0, 0.05) is 23.4 Å². The Morgan fingerprint density at radius 1 is 1.25 bits per heavy atom. The fourth-order valence-corrected chi connectivity index (χ4v) is 1.17. The fraction of sp³-hybridized carbons (Fsp3) is 0.333. The van der Waals surface area contributed by atoms with E-state index in [0.717, 1.165) is 6.54 Å². The molecule has 0 aliphatic heterocycles. The van der Waals surface area contributed by atoms with E-state index in [4.69, 9.17) is 0 Å². The Kier molecular flexibility index (Phi) is 2.39. The third kappa shape index (κ3) is 1.51. The van der Waals surface area contributed by atoms with Crippen LogP contribution in [0.3, 0.4) is 0 Å². The highest BCUT2D eigenvalue weighted by Crippen LogP contribution is 1.91. The highest BCUT2D eigenvalue weighted by molar-refractivity contribution is 14.1. The van der Waals surface area contributed by atoms with Crippen molar-refractivity contribution in [3.05, 3.63) is 24.5 Å². The third-order valence-corrected chi connectivity index (χ3v) is 1.49. The Hall–Kier alpha value is 0.0100. The SMILES string of the molecule is ICCn1cccc1. The summed E-state index contributed by atoms with van der Waals surface area (Å²) < 4.78 is 3.36. The summed E-state index contributed by atoms with van der Waals surface area (Å²) in [6.45, 7) is 1.13. The fourth-order valence-electron chi connectivity index (χ4n) is 0.617. The van der Waals surface area contributed by atoms with Crippen LogP contribution in [0.5, 0.6) is 0 Å². The Bertz CT molecular complexity index is 134. The van der Waals surface area contributed by atoms with E-state index in [1.54, 1.807) is 0 Å². The van der Waals surface area contributed by atoms with Crippen molar-refractivity contribution in [2.75, 3.05) is 4.43 Å². The lowest BCUT2D eigenvalue weighted by molar-refractivity contribution is 0.787. The molecular weight excluding hydrogens is 213 g/mol. The second-order valence-corrected chi connectivity index (χ2v) is 2.69. The molecule has 0 saturated heterocycles. The molecule has 0 atom stereocenters. The molecule has 1 aromatic heterocycles. The number of nitrogens with zero attached hydrogens (tertiary/aromatic N) is 1. The molecule has 1 aromatic rings. The largest absolute Gasteiger partial charge is 0.353 e. The Morgan fingerprint density at radius 3 is 2.38 bits per heavy atom. The van der Waals surface area contributed by atoms with Crippen molar-refractivity contribution in [3.63, 3.8) is 0 Å². The molecule has 0 radical (unpaired) electrons. The first-order chi connectivity index (χ1) is 3.93.